The highest BCUT2D eigenvalue weighted by Crippen LogP contribution is 2.41. The molecular formula is C22H23NO5. The number of likely N-dealkylation sites (tertiary alicyclic amines) is 1. The zero-order valence-electron chi connectivity index (χ0n) is 16.0. The molecule has 1 atom stereocenters. The van der Waals surface area contributed by atoms with Crippen molar-refractivity contribution < 1.29 is 24.5 Å². The summed E-state index contributed by atoms with van der Waals surface area (Å²) in [4.78, 5) is 27.0. The van der Waals surface area contributed by atoms with E-state index in [1.807, 2.05) is 13.8 Å². The second kappa shape index (κ2) is 7.76. The monoisotopic (exact) mass is 381 g/mol. The van der Waals surface area contributed by atoms with Gasteiger partial charge in [-0.05, 0) is 23.6 Å². The van der Waals surface area contributed by atoms with E-state index in [1.54, 1.807) is 42.5 Å². The molecule has 146 valence electrons. The van der Waals surface area contributed by atoms with E-state index in [0.29, 0.717) is 17.7 Å². The number of phenolic OH excluding ortho intramolecular Hbond substituents is 1. The molecule has 2 aromatic rings. The van der Waals surface area contributed by atoms with Crippen molar-refractivity contribution >= 4 is 17.4 Å². The van der Waals surface area contributed by atoms with Crippen LogP contribution < -0.4 is 4.74 Å². The molecule has 2 aromatic carbocycles. The van der Waals surface area contributed by atoms with Crippen LogP contribution in [0, 0.1) is 5.92 Å². The van der Waals surface area contributed by atoms with Crippen LogP contribution in [-0.4, -0.2) is 40.5 Å². The number of ether oxygens (including phenoxy) is 1. The summed E-state index contributed by atoms with van der Waals surface area (Å²) in [5.74, 6) is -1.29. The topological polar surface area (TPSA) is 87.1 Å². The number of phenols is 1. The van der Waals surface area contributed by atoms with Crippen molar-refractivity contribution in [1.29, 1.82) is 0 Å². The normalized spacial score (nSPS) is 18.7. The molecule has 6 heteroatoms. The number of carbonyl (C=O) groups excluding carboxylic acids is 2. The number of hydrogen-bond acceptors (Lipinski definition) is 5. The fraction of sp³-hybridized carbons (Fsp3) is 0.273. The third-order valence-electron chi connectivity index (χ3n) is 4.67. The lowest BCUT2D eigenvalue weighted by atomic mass is 9.94. The number of ketones is 1. The summed E-state index contributed by atoms with van der Waals surface area (Å²) in [6.45, 7) is 4.25. The summed E-state index contributed by atoms with van der Waals surface area (Å²) >= 11 is 0. The number of rotatable bonds is 5. The minimum Gasteiger partial charge on any atom is -0.507 e. The Morgan fingerprint density at radius 3 is 2.43 bits per heavy atom. The average Bonchev–Trinajstić information content (AvgIpc) is 2.93. The number of methoxy groups -OCH3 is 1. The molecule has 1 heterocycles. The first-order valence-corrected chi connectivity index (χ1v) is 9.05. The largest absolute Gasteiger partial charge is 0.507 e. The number of aliphatic hydroxyl groups is 1. The summed E-state index contributed by atoms with van der Waals surface area (Å²) in [7, 11) is 1.42. The van der Waals surface area contributed by atoms with Crippen LogP contribution in [0.1, 0.15) is 31.0 Å². The molecule has 0 bridgehead atoms. The Balaban J connectivity index is 2.21. The maximum absolute atomic E-state index is 12.8. The molecule has 0 unspecified atom stereocenters. The molecular weight excluding hydrogens is 358 g/mol. The Morgan fingerprint density at radius 2 is 1.82 bits per heavy atom. The summed E-state index contributed by atoms with van der Waals surface area (Å²) in [5.41, 5.74) is 1.07. The molecule has 2 N–H and O–H groups in total. The van der Waals surface area contributed by atoms with E-state index in [0.717, 1.165) is 0 Å². The lowest BCUT2D eigenvalue weighted by Gasteiger charge is -2.27. The van der Waals surface area contributed by atoms with Crippen LogP contribution in [0.4, 0.5) is 0 Å². The number of nitrogens with zero attached hydrogens (tertiary/aromatic N) is 1. The molecule has 1 fully saturated rings. The van der Waals surface area contributed by atoms with Crippen molar-refractivity contribution in [3.8, 4) is 11.5 Å². The summed E-state index contributed by atoms with van der Waals surface area (Å²) in [6.07, 6.45) is 0. The highest BCUT2D eigenvalue weighted by molar-refractivity contribution is 6.46. The number of amides is 1. The molecule has 6 nitrogen and oxygen atoms in total. The van der Waals surface area contributed by atoms with E-state index in [9.17, 15) is 19.8 Å². The van der Waals surface area contributed by atoms with Gasteiger partial charge in [0.15, 0.2) is 11.5 Å². The molecule has 1 saturated heterocycles. The maximum atomic E-state index is 12.8. The number of aromatic hydroxyl groups is 1. The van der Waals surface area contributed by atoms with Crippen molar-refractivity contribution in [2.45, 2.75) is 19.9 Å². The van der Waals surface area contributed by atoms with Gasteiger partial charge in [-0.15, -0.1) is 0 Å². The van der Waals surface area contributed by atoms with Crippen molar-refractivity contribution in [3.05, 3.63) is 65.2 Å². The molecule has 0 radical (unpaired) electrons. The molecule has 1 aliphatic rings. The number of benzene rings is 2. The minimum absolute atomic E-state index is 0.0320. The zero-order chi connectivity index (χ0) is 20.4. The Kier molecular flexibility index (Phi) is 5.40. The third-order valence-corrected chi connectivity index (χ3v) is 4.67. The Hall–Kier alpha value is -3.28. The molecule has 0 aromatic heterocycles. The minimum atomic E-state index is -0.767. The molecule has 1 amide bonds. The quantitative estimate of drug-likeness (QED) is 0.470. The summed E-state index contributed by atoms with van der Waals surface area (Å²) < 4.78 is 5.18. The maximum Gasteiger partial charge on any atom is 0.295 e. The van der Waals surface area contributed by atoms with E-state index in [1.165, 1.54) is 18.1 Å². The van der Waals surface area contributed by atoms with Crippen LogP contribution >= 0.6 is 0 Å². The average molecular weight is 381 g/mol. The highest BCUT2D eigenvalue weighted by atomic mass is 16.5. The number of hydrogen-bond donors (Lipinski definition) is 2. The molecule has 0 saturated carbocycles. The molecule has 3 rings (SSSR count). The first-order chi connectivity index (χ1) is 13.3. The van der Waals surface area contributed by atoms with E-state index in [-0.39, 0.29) is 28.7 Å². The van der Waals surface area contributed by atoms with E-state index < -0.39 is 17.7 Å². The zero-order valence-corrected chi connectivity index (χ0v) is 16.0. The lowest BCUT2D eigenvalue weighted by Crippen LogP contribution is -2.33. The van der Waals surface area contributed by atoms with Gasteiger partial charge in [0, 0.05) is 12.1 Å². The highest BCUT2D eigenvalue weighted by Gasteiger charge is 2.46. The SMILES string of the molecule is COc1cc([C@H]2C(=C(O)c3ccccc3)C(=O)C(=O)N2CC(C)C)ccc1O. The Bertz CT molecular complexity index is 933. The van der Waals surface area contributed by atoms with Gasteiger partial charge in [0.1, 0.15) is 5.76 Å². The Morgan fingerprint density at radius 1 is 1.14 bits per heavy atom. The van der Waals surface area contributed by atoms with Crippen LogP contribution in [0.15, 0.2) is 54.1 Å². The molecule has 0 spiro atoms. The van der Waals surface area contributed by atoms with Crippen molar-refractivity contribution in [1.82, 2.24) is 4.90 Å². The first-order valence-electron chi connectivity index (χ1n) is 9.05. The van der Waals surface area contributed by atoms with Gasteiger partial charge in [0.05, 0.1) is 18.7 Å². The van der Waals surface area contributed by atoms with Crippen molar-refractivity contribution in [2.24, 2.45) is 5.92 Å². The van der Waals surface area contributed by atoms with Gasteiger partial charge >= 0.3 is 0 Å². The van der Waals surface area contributed by atoms with Crippen molar-refractivity contribution in [3.63, 3.8) is 0 Å². The van der Waals surface area contributed by atoms with Crippen molar-refractivity contribution in [2.75, 3.05) is 13.7 Å². The fourth-order valence-corrected chi connectivity index (χ4v) is 3.42. The fourth-order valence-electron chi connectivity index (χ4n) is 3.42. The van der Waals surface area contributed by atoms with Gasteiger partial charge in [0.2, 0.25) is 0 Å². The van der Waals surface area contributed by atoms with Crippen LogP contribution in [-0.2, 0) is 9.59 Å². The standard InChI is InChI=1S/C22H23NO5/c1-13(2)12-23-19(15-9-10-16(24)17(11-15)28-3)18(21(26)22(23)27)20(25)14-7-5-4-6-8-14/h4-11,13,19,24-25H,12H2,1-3H3/t19-/m0/s1. The second-order valence-corrected chi connectivity index (χ2v) is 7.14. The van der Waals surface area contributed by atoms with Gasteiger partial charge < -0.3 is 19.8 Å². The number of aliphatic hydroxyl groups excluding tert-OH is 1. The summed E-state index contributed by atoms with van der Waals surface area (Å²) in [6, 6.07) is 12.5. The van der Waals surface area contributed by atoms with Gasteiger partial charge in [-0.1, -0.05) is 50.2 Å². The van der Waals surface area contributed by atoms with Crippen LogP contribution in [0.5, 0.6) is 11.5 Å². The predicted molar refractivity (Wildman–Crippen MR) is 105 cm³/mol. The van der Waals surface area contributed by atoms with Crippen LogP contribution in [0.2, 0.25) is 0 Å². The second-order valence-electron chi connectivity index (χ2n) is 7.14. The van der Waals surface area contributed by atoms with Gasteiger partial charge in [-0.25, -0.2) is 0 Å². The first kappa shape index (κ1) is 19.5. The van der Waals surface area contributed by atoms with E-state index in [2.05, 4.69) is 0 Å². The third kappa shape index (κ3) is 3.45. The number of carbonyl (C=O) groups is 2. The lowest BCUT2D eigenvalue weighted by molar-refractivity contribution is -0.140. The Labute approximate surface area is 163 Å². The van der Waals surface area contributed by atoms with E-state index >= 15 is 0 Å². The predicted octanol–water partition coefficient (Wildman–Crippen LogP) is 3.48. The van der Waals surface area contributed by atoms with Crippen LogP contribution in [0.25, 0.3) is 5.76 Å². The smallest absolute Gasteiger partial charge is 0.295 e. The molecule has 0 aliphatic carbocycles. The van der Waals surface area contributed by atoms with E-state index in [4.69, 9.17) is 4.74 Å². The molecule has 1 aliphatic heterocycles. The van der Waals surface area contributed by atoms with Gasteiger partial charge in [-0.3, -0.25) is 9.59 Å². The van der Waals surface area contributed by atoms with Gasteiger partial charge in [0.25, 0.3) is 11.7 Å². The van der Waals surface area contributed by atoms with Crippen LogP contribution in [0.3, 0.4) is 0 Å². The summed E-state index contributed by atoms with van der Waals surface area (Å²) in [5, 5.41) is 20.8. The number of Topliss-reactive ketones (excluding diaryl/α,β-unsaturated/α-hetero) is 1. The molecule has 28 heavy (non-hydrogen) atoms. The van der Waals surface area contributed by atoms with Gasteiger partial charge in [-0.2, -0.15) is 0 Å².